The van der Waals surface area contributed by atoms with Gasteiger partial charge >= 0.3 is 0 Å². The van der Waals surface area contributed by atoms with E-state index in [1.165, 1.54) is 25.7 Å². The van der Waals surface area contributed by atoms with Gasteiger partial charge in [-0.3, -0.25) is 4.79 Å². The minimum Gasteiger partial charge on any atom is -0.390 e. The summed E-state index contributed by atoms with van der Waals surface area (Å²) in [6, 6.07) is 0. The summed E-state index contributed by atoms with van der Waals surface area (Å²) in [5.41, 5.74) is 0.360. The molecule has 4 rings (SSSR count). The molecule has 2 N–H and O–H groups in total. The third kappa shape index (κ3) is 2.13. The number of rotatable bonds is 1. The summed E-state index contributed by atoms with van der Waals surface area (Å²) >= 11 is 0. The molecule has 3 heteroatoms. The molecule has 4 aliphatic carbocycles. The van der Waals surface area contributed by atoms with Gasteiger partial charge in [0.25, 0.3) is 0 Å². The van der Waals surface area contributed by atoms with Crippen molar-refractivity contribution in [1.82, 2.24) is 0 Å². The predicted octanol–water partition coefficient (Wildman–Crippen LogP) is 3.57. The first-order valence-corrected chi connectivity index (χ1v) is 10.2. The Morgan fingerprint density at radius 3 is 2.50 bits per heavy atom. The molecular formula is C21H34O3. The third-order valence-electron chi connectivity index (χ3n) is 9.14. The van der Waals surface area contributed by atoms with Crippen molar-refractivity contribution in [2.75, 3.05) is 0 Å². The van der Waals surface area contributed by atoms with Crippen LogP contribution in [0.3, 0.4) is 0 Å². The van der Waals surface area contributed by atoms with E-state index in [-0.39, 0.29) is 16.7 Å². The average molecular weight is 335 g/mol. The summed E-state index contributed by atoms with van der Waals surface area (Å²) in [4.78, 5) is 12.6. The van der Waals surface area contributed by atoms with Crippen LogP contribution < -0.4 is 0 Å². The molecule has 0 radical (unpaired) electrons. The number of carbonyl (C=O) groups is 1. The van der Waals surface area contributed by atoms with Crippen LogP contribution in [0.15, 0.2) is 0 Å². The maximum atomic E-state index is 12.6. The molecule has 0 aromatic rings. The molecule has 0 aromatic carbocycles. The zero-order valence-corrected chi connectivity index (χ0v) is 15.5. The number of fused-ring (bicyclic) bond motifs is 5. The second-order valence-corrected chi connectivity index (χ2v) is 9.91. The van der Waals surface area contributed by atoms with E-state index in [1.807, 2.05) is 0 Å². The van der Waals surface area contributed by atoms with E-state index in [4.69, 9.17) is 0 Å². The fourth-order valence-electron chi connectivity index (χ4n) is 7.86. The van der Waals surface area contributed by atoms with Gasteiger partial charge in [0.2, 0.25) is 0 Å². The van der Waals surface area contributed by atoms with Gasteiger partial charge in [0, 0.05) is 12.3 Å². The highest BCUT2D eigenvalue weighted by atomic mass is 16.3. The monoisotopic (exact) mass is 334 g/mol. The first kappa shape index (κ1) is 17.0. The summed E-state index contributed by atoms with van der Waals surface area (Å²) in [6.07, 6.45) is 6.96. The lowest BCUT2D eigenvalue weighted by Crippen LogP contribution is -2.56. The standard InChI is InChI=1S/C21H34O3/c1-4-14-17(22)10-16-13-6-5-12-9-18(23)19(24)11-21(12,3)15(13)7-8-20(14,16)2/h12-16,18-19,23-24H,4-11H2,1-3H3/t12?,13-,14+,15?,16?,18-,19+,20-,21+/m1/s1. The Morgan fingerprint density at radius 2 is 1.79 bits per heavy atom. The van der Waals surface area contributed by atoms with Crippen molar-refractivity contribution in [2.45, 2.75) is 84.3 Å². The van der Waals surface area contributed by atoms with Gasteiger partial charge in [-0.2, -0.15) is 0 Å². The normalized spacial score (nSPS) is 57.2. The first-order chi connectivity index (χ1) is 11.3. The van der Waals surface area contributed by atoms with E-state index >= 15 is 0 Å². The van der Waals surface area contributed by atoms with Crippen molar-refractivity contribution in [2.24, 2.45) is 40.4 Å². The number of ketones is 1. The number of aliphatic hydroxyl groups excluding tert-OH is 2. The van der Waals surface area contributed by atoms with E-state index in [0.717, 1.165) is 25.7 Å². The van der Waals surface area contributed by atoms with Gasteiger partial charge in [-0.1, -0.05) is 20.8 Å². The Labute approximate surface area is 146 Å². The molecule has 136 valence electrons. The summed E-state index contributed by atoms with van der Waals surface area (Å²) < 4.78 is 0. The second kappa shape index (κ2) is 5.54. The summed E-state index contributed by atoms with van der Waals surface area (Å²) in [7, 11) is 0. The molecule has 4 aliphatic rings. The van der Waals surface area contributed by atoms with Crippen LogP contribution in [0.2, 0.25) is 0 Å². The van der Waals surface area contributed by atoms with Gasteiger partial charge in [-0.15, -0.1) is 0 Å². The molecule has 3 nitrogen and oxygen atoms in total. The lowest BCUT2D eigenvalue weighted by atomic mass is 9.44. The Balaban J connectivity index is 1.64. The highest BCUT2D eigenvalue weighted by Gasteiger charge is 2.62. The average Bonchev–Trinajstić information content (AvgIpc) is 2.78. The third-order valence-corrected chi connectivity index (χ3v) is 9.14. The fraction of sp³-hybridized carbons (Fsp3) is 0.952. The van der Waals surface area contributed by atoms with E-state index in [9.17, 15) is 15.0 Å². The zero-order chi connectivity index (χ0) is 17.3. The Hall–Kier alpha value is -0.410. The van der Waals surface area contributed by atoms with E-state index in [0.29, 0.717) is 29.5 Å². The number of aliphatic hydroxyl groups is 2. The molecule has 0 aromatic heterocycles. The summed E-state index contributed by atoms with van der Waals surface area (Å²) in [6.45, 7) is 6.94. The van der Waals surface area contributed by atoms with Crippen LogP contribution in [-0.4, -0.2) is 28.2 Å². The van der Waals surface area contributed by atoms with E-state index < -0.39 is 12.2 Å². The van der Waals surface area contributed by atoms with Gasteiger partial charge in [0.1, 0.15) is 5.78 Å². The highest BCUT2D eigenvalue weighted by Crippen LogP contribution is 2.67. The Kier molecular flexibility index (Phi) is 3.93. The Bertz CT molecular complexity index is 531. The molecule has 24 heavy (non-hydrogen) atoms. The van der Waals surface area contributed by atoms with Crippen molar-refractivity contribution in [3.8, 4) is 0 Å². The molecule has 0 saturated heterocycles. The van der Waals surface area contributed by atoms with Crippen LogP contribution in [0.4, 0.5) is 0 Å². The SMILES string of the molecule is CC[C@H]1C(=O)CC2[C@@H]3CCC4C[C@@H](O)[C@@H](O)C[C@]4(C)C3CC[C@@]21C. The Morgan fingerprint density at radius 1 is 1.04 bits per heavy atom. The summed E-state index contributed by atoms with van der Waals surface area (Å²) in [5, 5.41) is 20.5. The smallest absolute Gasteiger partial charge is 0.136 e. The van der Waals surface area contributed by atoms with Gasteiger partial charge < -0.3 is 10.2 Å². The molecule has 0 heterocycles. The van der Waals surface area contributed by atoms with Crippen molar-refractivity contribution in [1.29, 1.82) is 0 Å². The zero-order valence-electron chi connectivity index (χ0n) is 15.5. The quantitative estimate of drug-likeness (QED) is 0.771. The topological polar surface area (TPSA) is 57.5 Å². The molecular weight excluding hydrogens is 300 g/mol. The first-order valence-electron chi connectivity index (χ1n) is 10.2. The number of carbonyl (C=O) groups excluding carboxylic acids is 1. The maximum absolute atomic E-state index is 12.6. The fourth-order valence-corrected chi connectivity index (χ4v) is 7.86. The van der Waals surface area contributed by atoms with Crippen molar-refractivity contribution < 1.29 is 15.0 Å². The van der Waals surface area contributed by atoms with Gasteiger partial charge in [-0.25, -0.2) is 0 Å². The molecule has 0 spiro atoms. The molecule has 9 atom stereocenters. The van der Waals surface area contributed by atoms with Gasteiger partial charge in [0.05, 0.1) is 12.2 Å². The minimum atomic E-state index is -0.563. The van der Waals surface area contributed by atoms with Gasteiger partial charge in [-0.05, 0) is 79.4 Å². The molecule has 4 saturated carbocycles. The van der Waals surface area contributed by atoms with Crippen molar-refractivity contribution in [3.05, 3.63) is 0 Å². The van der Waals surface area contributed by atoms with Gasteiger partial charge in [0.15, 0.2) is 0 Å². The predicted molar refractivity (Wildman–Crippen MR) is 93.3 cm³/mol. The van der Waals surface area contributed by atoms with Crippen LogP contribution in [0.25, 0.3) is 0 Å². The van der Waals surface area contributed by atoms with Crippen molar-refractivity contribution in [3.63, 3.8) is 0 Å². The lowest BCUT2D eigenvalue weighted by Gasteiger charge is -2.61. The number of hydrogen-bond acceptors (Lipinski definition) is 3. The highest BCUT2D eigenvalue weighted by molar-refractivity contribution is 5.84. The number of Topliss-reactive ketones (excluding diaryl/α,β-unsaturated/α-hetero) is 1. The molecule has 0 aliphatic heterocycles. The van der Waals surface area contributed by atoms with Crippen LogP contribution in [-0.2, 0) is 4.79 Å². The largest absolute Gasteiger partial charge is 0.390 e. The number of hydrogen-bond donors (Lipinski definition) is 2. The minimum absolute atomic E-state index is 0.149. The van der Waals surface area contributed by atoms with E-state index in [2.05, 4.69) is 20.8 Å². The lowest BCUT2D eigenvalue weighted by molar-refractivity contribution is -0.159. The molecule has 4 fully saturated rings. The summed E-state index contributed by atoms with van der Waals surface area (Å²) in [5.74, 6) is 3.15. The maximum Gasteiger partial charge on any atom is 0.136 e. The molecule has 3 unspecified atom stereocenters. The van der Waals surface area contributed by atoms with Crippen LogP contribution in [0.1, 0.15) is 72.1 Å². The molecule has 0 bridgehead atoms. The second-order valence-electron chi connectivity index (χ2n) is 9.91. The molecule has 0 amide bonds. The van der Waals surface area contributed by atoms with Crippen LogP contribution in [0, 0.1) is 40.4 Å². The van der Waals surface area contributed by atoms with Crippen LogP contribution >= 0.6 is 0 Å². The van der Waals surface area contributed by atoms with Crippen LogP contribution in [0.5, 0.6) is 0 Å². The van der Waals surface area contributed by atoms with E-state index in [1.54, 1.807) is 0 Å². The van der Waals surface area contributed by atoms with Crippen molar-refractivity contribution >= 4 is 5.78 Å².